The molecule has 0 aromatic heterocycles. The second-order valence-electron chi connectivity index (χ2n) is 4.96. The number of rotatable bonds is 4. The number of aliphatic imine (C=N–C) groups is 1. The molecule has 0 saturated carbocycles. The first kappa shape index (κ1) is 16.6. The molecule has 1 aliphatic heterocycles. The monoisotopic (exact) mass is 358 g/mol. The van der Waals surface area contributed by atoms with Gasteiger partial charge in [0, 0.05) is 5.02 Å². The van der Waals surface area contributed by atoms with Crippen molar-refractivity contribution in [2.45, 2.75) is 6.92 Å². The topological polar surface area (TPSA) is 50.7 Å². The van der Waals surface area contributed by atoms with Gasteiger partial charge in [0.1, 0.15) is 5.75 Å². The van der Waals surface area contributed by atoms with Gasteiger partial charge in [0.2, 0.25) is 0 Å². The smallest absolute Gasteiger partial charge is 0.264 e. The van der Waals surface area contributed by atoms with E-state index in [1.807, 2.05) is 37.3 Å². The van der Waals surface area contributed by atoms with Crippen LogP contribution in [-0.4, -0.2) is 17.7 Å². The van der Waals surface area contributed by atoms with Crippen LogP contribution in [0.2, 0.25) is 5.02 Å². The summed E-state index contributed by atoms with van der Waals surface area (Å²) in [6.07, 6.45) is 1.83. The summed E-state index contributed by atoms with van der Waals surface area (Å²) in [6, 6.07) is 14.7. The first-order valence-electron chi connectivity index (χ1n) is 7.42. The summed E-state index contributed by atoms with van der Waals surface area (Å²) < 4.78 is 5.41. The van der Waals surface area contributed by atoms with Crippen LogP contribution in [0.25, 0.3) is 6.08 Å². The lowest BCUT2D eigenvalue weighted by Gasteiger charge is -2.02. The number of carbonyl (C=O) groups is 1. The van der Waals surface area contributed by atoms with Crippen LogP contribution in [0.3, 0.4) is 0 Å². The van der Waals surface area contributed by atoms with E-state index in [0.29, 0.717) is 21.7 Å². The highest BCUT2D eigenvalue weighted by atomic mass is 35.5. The Kier molecular flexibility index (Phi) is 5.23. The Morgan fingerprint density at radius 1 is 1.17 bits per heavy atom. The molecule has 1 saturated heterocycles. The van der Waals surface area contributed by atoms with Crippen molar-refractivity contribution in [3.05, 3.63) is 64.0 Å². The third kappa shape index (κ3) is 4.19. The van der Waals surface area contributed by atoms with Gasteiger partial charge in [0.15, 0.2) is 5.17 Å². The molecule has 0 spiro atoms. The Labute approximate surface area is 149 Å². The van der Waals surface area contributed by atoms with Crippen molar-refractivity contribution in [1.82, 2.24) is 5.32 Å². The van der Waals surface area contributed by atoms with Gasteiger partial charge in [0.25, 0.3) is 5.91 Å². The molecule has 0 unspecified atom stereocenters. The minimum atomic E-state index is -0.151. The lowest BCUT2D eigenvalue weighted by molar-refractivity contribution is -0.115. The molecule has 0 aliphatic carbocycles. The summed E-state index contributed by atoms with van der Waals surface area (Å²) in [4.78, 5) is 17.1. The Hall–Kier alpha value is -2.24. The Morgan fingerprint density at radius 3 is 2.54 bits per heavy atom. The summed E-state index contributed by atoms with van der Waals surface area (Å²) >= 11 is 7.17. The van der Waals surface area contributed by atoms with Crippen molar-refractivity contribution in [1.29, 1.82) is 0 Å². The zero-order valence-electron chi connectivity index (χ0n) is 13.0. The number of nitrogens with one attached hydrogen (secondary N) is 1. The highest BCUT2D eigenvalue weighted by Gasteiger charge is 2.23. The number of carbonyl (C=O) groups excluding carboxylic acids is 1. The average Bonchev–Trinajstić information content (AvgIpc) is 2.91. The van der Waals surface area contributed by atoms with Gasteiger partial charge in [-0.2, -0.15) is 0 Å². The lowest BCUT2D eigenvalue weighted by atomic mass is 10.2. The highest BCUT2D eigenvalue weighted by molar-refractivity contribution is 8.18. The molecule has 0 radical (unpaired) electrons. The van der Waals surface area contributed by atoms with Crippen molar-refractivity contribution < 1.29 is 9.53 Å². The van der Waals surface area contributed by atoms with E-state index in [1.165, 1.54) is 11.8 Å². The molecule has 0 atom stereocenters. The molecule has 0 bridgehead atoms. The van der Waals surface area contributed by atoms with Crippen LogP contribution in [0.15, 0.2) is 58.4 Å². The fraction of sp³-hybridized carbons (Fsp3) is 0.111. The van der Waals surface area contributed by atoms with Crippen molar-refractivity contribution in [2.24, 2.45) is 4.99 Å². The summed E-state index contributed by atoms with van der Waals surface area (Å²) in [5, 5.41) is 3.97. The van der Waals surface area contributed by atoms with Crippen LogP contribution in [0.4, 0.5) is 5.69 Å². The SMILES string of the molecule is CCOc1ccc(/C=C2/SC(=Nc3ccc(Cl)cc3)NC2=O)cc1. The number of amides is 1. The number of thioether (sulfide) groups is 1. The zero-order valence-corrected chi connectivity index (χ0v) is 14.5. The van der Waals surface area contributed by atoms with E-state index in [-0.39, 0.29) is 5.91 Å². The minimum absolute atomic E-state index is 0.151. The normalized spacial score (nSPS) is 17.3. The van der Waals surface area contributed by atoms with Gasteiger partial charge in [-0.05, 0) is 66.7 Å². The first-order chi connectivity index (χ1) is 11.6. The number of halogens is 1. The summed E-state index contributed by atoms with van der Waals surface area (Å²) in [7, 11) is 0. The van der Waals surface area contributed by atoms with E-state index in [9.17, 15) is 4.79 Å². The number of amidine groups is 1. The minimum Gasteiger partial charge on any atom is -0.494 e. The number of hydrogen-bond acceptors (Lipinski definition) is 4. The maximum Gasteiger partial charge on any atom is 0.264 e. The third-order valence-corrected chi connectivity index (χ3v) is 4.36. The first-order valence-corrected chi connectivity index (χ1v) is 8.61. The van der Waals surface area contributed by atoms with Crippen LogP contribution >= 0.6 is 23.4 Å². The maximum atomic E-state index is 12.1. The third-order valence-electron chi connectivity index (χ3n) is 3.20. The van der Waals surface area contributed by atoms with Crippen LogP contribution in [0.5, 0.6) is 5.75 Å². The van der Waals surface area contributed by atoms with E-state index >= 15 is 0 Å². The largest absolute Gasteiger partial charge is 0.494 e. The Balaban J connectivity index is 1.75. The Morgan fingerprint density at radius 2 is 1.88 bits per heavy atom. The second kappa shape index (κ2) is 7.55. The summed E-state index contributed by atoms with van der Waals surface area (Å²) in [6.45, 7) is 2.57. The van der Waals surface area contributed by atoms with Crippen LogP contribution < -0.4 is 10.1 Å². The maximum absolute atomic E-state index is 12.1. The molecule has 1 N–H and O–H groups in total. The molecule has 122 valence electrons. The van der Waals surface area contributed by atoms with E-state index in [4.69, 9.17) is 16.3 Å². The molecule has 1 heterocycles. The molecule has 4 nitrogen and oxygen atoms in total. The quantitative estimate of drug-likeness (QED) is 0.810. The van der Waals surface area contributed by atoms with Crippen LogP contribution in [0.1, 0.15) is 12.5 Å². The predicted octanol–water partition coefficient (Wildman–Crippen LogP) is 4.63. The molecular weight excluding hydrogens is 344 g/mol. The van der Waals surface area contributed by atoms with Crippen LogP contribution in [-0.2, 0) is 4.79 Å². The van der Waals surface area contributed by atoms with E-state index in [1.54, 1.807) is 24.3 Å². The predicted molar refractivity (Wildman–Crippen MR) is 99.9 cm³/mol. The molecule has 2 aromatic rings. The van der Waals surface area contributed by atoms with Gasteiger partial charge in [-0.1, -0.05) is 23.7 Å². The number of hydrogen-bond donors (Lipinski definition) is 1. The van der Waals surface area contributed by atoms with Gasteiger partial charge >= 0.3 is 0 Å². The zero-order chi connectivity index (χ0) is 16.9. The Bertz CT molecular complexity index is 799. The van der Waals surface area contributed by atoms with Crippen molar-refractivity contribution in [3.8, 4) is 5.75 Å². The van der Waals surface area contributed by atoms with E-state index in [2.05, 4.69) is 10.3 Å². The highest BCUT2D eigenvalue weighted by Crippen LogP contribution is 2.28. The molecule has 3 rings (SSSR count). The van der Waals surface area contributed by atoms with Gasteiger partial charge in [-0.3, -0.25) is 4.79 Å². The number of benzene rings is 2. The molecular formula is C18H15ClN2O2S. The summed E-state index contributed by atoms with van der Waals surface area (Å²) in [5.74, 6) is 0.662. The molecule has 1 fully saturated rings. The van der Waals surface area contributed by atoms with E-state index in [0.717, 1.165) is 17.0 Å². The molecule has 6 heteroatoms. The molecule has 2 aromatic carbocycles. The fourth-order valence-corrected chi connectivity index (χ4v) is 3.06. The second-order valence-corrected chi connectivity index (χ2v) is 6.43. The average molecular weight is 359 g/mol. The van der Waals surface area contributed by atoms with Crippen molar-refractivity contribution in [2.75, 3.05) is 6.61 Å². The fourth-order valence-electron chi connectivity index (χ4n) is 2.09. The van der Waals surface area contributed by atoms with Crippen LogP contribution in [0, 0.1) is 0 Å². The molecule has 1 amide bonds. The van der Waals surface area contributed by atoms with Crippen molar-refractivity contribution >= 4 is 46.2 Å². The van der Waals surface area contributed by atoms with E-state index < -0.39 is 0 Å². The van der Waals surface area contributed by atoms with Gasteiger partial charge in [-0.25, -0.2) is 4.99 Å². The standard InChI is InChI=1S/C18H15ClN2O2S/c1-2-23-15-9-3-12(4-10-15)11-16-17(22)21-18(24-16)20-14-7-5-13(19)6-8-14/h3-11H,2H2,1H3,(H,20,21,22)/b16-11+. The van der Waals surface area contributed by atoms with Crippen molar-refractivity contribution in [3.63, 3.8) is 0 Å². The number of nitrogens with zero attached hydrogens (tertiary/aromatic N) is 1. The molecule has 24 heavy (non-hydrogen) atoms. The molecule has 1 aliphatic rings. The lowest BCUT2D eigenvalue weighted by Crippen LogP contribution is -2.19. The van der Waals surface area contributed by atoms with Gasteiger partial charge in [-0.15, -0.1) is 0 Å². The van der Waals surface area contributed by atoms with Gasteiger partial charge < -0.3 is 10.1 Å². The van der Waals surface area contributed by atoms with Gasteiger partial charge in [0.05, 0.1) is 17.2 Å². The number of ether oxygens (including phenoxy) is 1. The summed E-state index contributed by atoms with van der Waals surface area (Å²) in [5.41, 5.74) is 1.67.